The molecule has 1 aromatic carbocycles. The zero-order valence-corrected chi connectivity index (χ0v) is 11.8. The Morgan fingerprint density at radius 3 is 2.48 bits per heavy atom. The Morgan fingerprint density at radius 2 is 2.05 bits per heavy atom. The fraction of sp³-hybridized carbons (Fsp3) is 0.333. The molecule has 1 N–H and O–H groups in total. The molecule has 0 fully saturated rings. The van der Waals surface area contributed by atoms with E-state index in [4.69, 9.17) is 5.02 Å². The van der Waals surface area contributed by atoms with Crippen LogP contribution < -0.4 is 9.55 Å². The molecule has 0 heterocycles. The first-order valence-electron chi connectivity index (χ1n) is 6.05. The summed E-state index contributed by atoms with van der Waals surface area (Å²) in [6.45, 7) is 4.46. The van der Waals surface area contributed by atoms with Gasteiger partial charge in [0.2, 0.25) is 11.8 Å². The molecule has 0 bridgehead atoms. The summed E-state index contributed by atoms with van der Waals surface area (Å²) < 4.78 is 4.65. The molecule has 2 amide bonds. The summed E-state index contributed by atoms with van der Waals surface area (Å²) in [7, 11) is 0.286. The molecule has 0 aliphatic carbocycles. The van der Waals surface area contributed by atoms with Crippen LogP contribution >= 0.6 is 0 Å². The lowest BCUT2D eigenvalue weighted by atomic mass is 10.1. The average molecular weight is 293 g/mol. The summed E-state index contributed by atoms with van der Waals surface area (Å²) in [5.74, 6) is -1.68. The van der Waals surface area contributed by atoms with Crippen molar-refractivity contribution < 1.29 is 24.2 Å². The number of benzene rings is 1. The maximum absolute atomic E-state index is 12.0. The number of amides is 2. The van der Waals surface area contributed by atoms with Crippen molar-refractivity contribution >= 4 is 30.9 Å². The van der Waals surface area contributed by atoms with Gasteiger partial charge in [0, 0.05) is 25.0 Å². The van der Waals surface area contributed by atoms with Crippen LogP contribution in [0.25, 0.3) is 0 Å². The Bertz CT molecular complexity index is 575. The Morgan fingerprint density at radius 1 is 1.43 bits per heavy atom. The fourth-order valence-electron chi connectivity index (χ4n) is 1.67. The lowest BCUT2D eigenvalue weighted by Gasteiger charge is -2.21. The second-order valence-corrected chi connectivity index (χ2v) is 4.48. The number of carbonyl (C=O) groups excluding carboxylic acids is 2. The number of rotatable bonds is 5. The number of carbonyl (C=O) groups is 2. The predicted octanol–water partition coefficient (Wildman–Crippen LogP) is 1.04. The summed E-state index contributed by atoms with van der Waals surface area (Å²) in [6, 6.07) is 3.51. The first-order chi connectivity index (χ1) is 9.79. The van der Waals surface area contributed by atoms with Gasteiger partial charge in [-0.05, 0) is 6.07 Å². The maximum atomic E-state index is 12.0. The van der Waals surface area contributed by atoms with Crippen molar-refractivity contribution in [1.82, 2.24) is 0 Å². The smallest absolute Gasteiger partial charge is 0.533 e. The molecule has 0 saturated heterocycles. The third kappa shape index (κ3) is 3.79. The summed E-state index contributed by atoms with van der Waals surface area (Å²) in [6.07, 6.45) is 0. The van der Waals surface area contributed by atoms with Crippen LogP contribution in [0.3, 0.4) is 0 Å². The van der Waals surface area contributed by atoms with E-state index in [1.165, 1.54) is 13.0 Å². The van der Waals surface area contributed by atoms with E-state index >= 15 is 0 Å². The van der Waals surface area contributed by atoms with Crippen LogP contribution in [0.15, 0.2) is 18.2 Å². The van der Waals surface area contributed by atoms with E-state index in [1.807, 2.05) is 0 Å². The molecule has 0 aliphatic rings. The SMILES string of the molecule is CC(=O)N(C(=O)C(C)C)c1ccc([N+](=O)[O-])c(O[B]O)c1. The molecular formula is C12H14BN2O6. The van der Waals surface area contributed by atoms with Gasteiger partial charge < -0.3 is 9.68 Å². The highest BCUT2D eigenvalue weighted by molar-refractivity contribution is 6.18. The quantitative estimate of drug-likeness (QED) is 0.493. The molecule has 9 heteroatoms. The zero-order valence-electron chi connectivity index (χ0n) is 11.8. The van der Waals surface area contributed by atoms with Gasteiger partial charge in [-0.15, -0.1) is 0 Å². The van der Waals surface area contributed by atoms with Crippen LogP contribution in [0.4, 0.5) is 11.4 Å². The van der Waals surface area contributed by atoms with Crippen molar-refractivity contribution in [3.05, 3.63) is 28.3 Å². The molecule has 21 heavy (non-hydrogen) atoms. The molecular weight excluding hydrogens is 279 g/mol. The molecule has 0 unspecified atom stereocenters. The number of hydrogen-bond donors (Lipinski definition) is 1. The van der Waals surface area contributed by atoms with Gasteiger partial charge >= 0.3 is 13.4 Å². The van der Waals surface area contributed by atoms with E-state index in [9.17, 15) is 19.7 Å². The third-order valence-electron chi connectivity index (χ3n) is 2.61. The van der Waals surface area contributed by atoms with Gasteiger partial charge in [0.25, 0.3) is 0 Å². The van der Waals surface area contributed by atoms with Gasteiger partial charge in [-0.3, -0.25) is 24.6 Å². The fourth-order valence-corrected chi connectivity index (χ4v) is 1.67. The molecule has 0 spiro atoms. The van der Waals surface area contributed by atoms with Crippen molar-refractivity contribution in [3.63, 3.8) is 0 Å². The summed E-state index contributed by atoms with van der Waals surface area (Å²) in [5, 5.41) is 19.5. The average Bonchev–Trinajstić information content (AvgIpc) is 2.38. The molecule has 111 valence electrons. The van der Waals surface area contributed by atoms with E-state index in [1.54, 1.807) is 13.8 Å². The first-order valence-corrected chi connectivity index (χ1v) is 6.05. The monoisotopic (exact) mass is 293 g/mol. The molecule has 0 aliphatic heterocycles. The van der Waals surface area contributed by atoms with E-state index < -0.39 is 28.3 Å². The Labute approximate surface area is 121 Å². The highest BCUT2D eigenvalue weighted by atomic mass is 16.6. The molecule has 8 nitrogen and oxygen atoms in total. The Kier molecular flexibility index (Phi) is 5.42. The van der Waals surface area contributed by atoms with Gasteiger partial charge in [0.05, 0.1) is 10.6 Å². The van der Waals surface area contributed by atoms with E-state index in [2.05, 4.69) is 4.65 Å². The van der Waals surface area contributed by atoms with E-state index in [0.717, 1.165) is 17.0 Å². The second kappa shape index (κ2) is 6.84. The minimum absolute atomic E-state index is 0.128. The lowest BCUT2D eigenvalue weighted by Crippen LogP contribution is -2.38. The normalized spacial score (nSPS) is 10.1. The number of anilines is 1. The maximum Gasteiger partial charge on any atom is 0.569 e. The summed E-state index contributed by atoms with van der Waals surface area (Å²) in [5.41, 5.74) is -0.270. The van der Waals surface area contributed by atoms with Crippen molar-refractivity contribution in [2.75, 3.05) is 4.90 Å². The van der Waals surface area contributed by atoms with Crippen LogP contribution in [0.1, 0.15) is 20.8 Å². The third-order valence-corrected chi connectivity index (χ3v) is 2.61. The van der Waals surface area contributed by atoms with Crippen molar-refractivity contribution in [2.45, 2.75) is 20.8 Å². The summed E-state index contributed by atoms with van der Waals surface area (Å²) >= 11 is 0. The first kappa shape index (κ1) is 16.6. The van der Waals surface area contributed by atoms with Crippen LogP contribution in [0.5, 0.6) is 5.75 Å². The largest absolute Gasteiger partial charge is 0.569 e. The van der Waals surface area contributed by atoms with Gasteiger partial charge in [-0.25, -0.2) is 0 Å². The van der Waals surface area contributed by atoms with Gasteiger partial charge in [-0.1, -0.05) is 13.8 Å². The number of nitrogens with zero attached hydrogens (tertiary/aromatic N) is 2. The summed E-state index contributed by atoms with van der Waals surface area (Å²) in [4.78, 5) is 34.7. The highest BCUT2D eigenvalue weighted by Crippen LogP contribution is 2.32. The number of hydrogen-bond acceptors (Lipinski definition) is 6. The van der Waals surface area contributed by atoms with Crippen LogP contribution in [0, 0.1) is 16.0 Å². The highest BCUT2D eigenvalue weighted by Gasteiger charge is 2.25. The van der Waals surface area contributed by atoms with Crippen LogP contribution in [-0.4, -0.2) is 29.4 Å². The zero-order chi connectivity index (χ0) is 16.2. The number of nitro benzene ring substituents is 1. The lowest BCUT2D eigenvalue weighted by molar-refractivity contribution is -0.385. The van der Waals surface area contributed by atoms with Crippen molar-refractivity contribution in [2.24, 2.45) is 5.92 Å². The molecule has 1 rings (SSSR count). The predicted molar refractivity (Wildman–Crippen MR) is 74.7 cm³/mol. The van der Waals surface area contributed by atoms with Gasteiger partial charge in [0.1, 0.15) is 0 Å². The minimum Gasteiger partial charge on any atom is -0.533 e. The Hall–Kier alpha value is -2.42. The molecule has 0 aromatic heterocycles. The molecule has 0 saturated carbocycles. The van der Waals surface area contributed by atoms with Gasteiger partial charge in [0.15, 0.2) is 5.75 Å². The van der Waals surface area contributed by atoms with Gasteiger partial charge in [-0.2, -0.15) is 0 Å². The van der Waals surface area contributed by atoms with Crippen LogP contribution in [-0.2, 0) is 9.59 Å². The number of imide groups is 1. The standard InChI is InChI=1S/C12H14BN2O6/c1-7(2)12(17)14(8(3)16)9-4-5-10(15(19)20)11(6-9)21-13-18/h4-7,18H,1-3H3. The topological polar surface area (TPSA) is 110 Å². The molecule has 1 aromatic rings. The minimum atomic E-state index is -0.703. The second-order valence-electron chi connectivity index (χ2n) is 4.48. The Balaban J connectivity index is 3.33. The van der Waals surface area contributed by atoms with E-state index in [0.29, 0.717) is 0 Å². The van der Waals surface area contributed by atoms with Crippen LogP contribution in [0.2, 0.25) is 0 Å². The number of nitro groups is 1. The van der Waals surface area contributed by atoms with Crippen molar-refractivity contribution in [3.8, 4) is 5.75 Å². The molecule has 0 atom stereocenters. The van der Waals surface area contributed by atoms with Crippen molar-refractivity contribution in [1.29, 1.82) is 0 Å². The molecule has 1 radical (unpaired) electrons. The van der Waals surface area contributed by atoms with E-state index in [-0.39, 0.29) is 19.1 Å².